The maximum Gasteiger partial charge on any atom is 0.405 e. The van der Waals surface area contributed by atoms with Crippen molar-refractivity contribution < 1.29 is 38.2 Å². The van der Waals surface area contributed by atoms with Gasteiger partial charge in [0.2, 0.25) is 11.6 Å². The molecule has 1 aliphatic carbocycles. The second-order valence-corrected chi connectivity index (χ2v) is 15.0. The summed E-state index contributed by atoms with van der Waals surface area (Å²) in [5, 5.41) is 5.35. The van der Waals surface area contributed by atoms with E-state index in [-0.39, 0.29) is 46.9 Å². The van der Waals surface area contributed by atoms with Gasteiger partial charge in [-0.2, -0.15) is 0 Å². The van der Waals surface area contributed by atoms with Crippen LogP contribution in [0.3, 0.4) is 0 Å². The molecule has 2 bridgehead atoms. The molecule has 2 aliphatic rings. The first kappa shape index (κ1) is 45.7. The van der Waals surface area contributed by atoms with Gasteiger partial charge in [0.1, 0.15) is 6.10 Å². The van der Waals surface area contributed by atoms with Gasteiger partial charge in [-0.05, 0) is 94.1 Å². The van der Waals surface area contributed by atoms with Gasteiger partial charge in [-0.15, -0.1) is 0 Å². The lowest BCUT2D eigenvalue weighted by atomic mass is 9.86. The Morgan fingerprint density at radius 3 is 2.21 bits per heavy atom. The van der Waals surface area contributed by atoms with Crippen molar-refractivity contribution in [3.8, 4) is 0 Å². The Kier molecular flexibility index (Phi) is 18.6. The van der Waals surface area contributed by atoms with Crippen LogP contribution in [0.25, 0.3) is 0 Å². The van der Waals surface area contributed by atoms with Crippen LogP contribution >= 0.6 is 0 Å². The fraction of sp³-hybridized carbons (Fsp3) is 0.523. The zero-order valence-corrected chi connectivity index (χ0v) is 34.4. The van der Waals surface area contributed by atoms with Crippen molar-refractivity contribution >= 4 is 29.5 Å². The minimum atomic E-state index is -0.956. The summed E-state index contributed by atoms with van der Waals surface area (Å²) in [6.07, 6.45) is 10.7. The smallest absolute Gasteiger partial charge is 0.405 e. The molecule has 5 atom stereocenters. The zero-order chi connectivity index (χ0) is 41.4. The molecule has 3 amide bonds. The quantitative estimate of drug-likeness (QED) is 0.147. The lowest BCUT2D eigenvalue weighted by Crippen LogP contribution is -2.37. The topological polar surface area (TPSA) is 166 Å². The molecule has 12 nitrogen and oxygen atoms in total. The number of ether oxygens (including phenoxy) is 3. The first-order valence-electron chi connectivity index (χ1n) is 19.7. The molecule has 3 rings (SSSR count). The zero-order valence-electron chi connectivity index (χ0n) is 34.4. The molecule has 0 fully saturated rings. The highest BCUT2D eigenvalue weighted by Crippen LogP contribution is 2.29. The number of hydrogen-bond donors (Lipinski definition) is 3. The molecular weight excluding hydrogens is 713 g/mol. The van der Waals surface area contributed by atoms with E-state index in [0.717, 1.165) is 62.5 Å². The molecule has 0 radical (unpaired) electrons. The Hall–Kier alpha value is -4.65. The van der Waals surface area contributed by atoms with Crippen molar-refractivity contribution in [1.82, 2.24) is 15.5 Å². The van der Waals surface area contributed by atoms with E-state index in [1.54, 1.807) is 38.3 Å². The van der Waals surface area contributed by atoms with Gasteiger partial charge in [0.25, 0.3) is 11.8 Å². The minimum absolute atomic E-state index is 0.0257. The summed E-state index contributed by atoms with van der Waals surface area (Å²) < 4.78 is 17.0. The summed E-state index contributed by atoms with van der Waals surface area (Å²) in [5.41, 5.74) is 7.63. The molecule has 0 saturated carbocycles. The van der Waals surface area contributed by atoms with E-state index in [1.165, 1.54) is 13.2 Å². The highest BCUT2D eigenvalue weighted by Gasteiger charge is 2.33. The van der Waals surface area contributed by atoms with E-state index >= 15 is 0 Å². The monoisotopic (exact) mass is 774 g/mol. The van der Waals surface area contributed by atoms with E-state index < -0.39 is 41.7 Å². The van der Waals surface area contributed by atoms with Crippen LogP contribution in [-0.2, 0) is 35.1 Å². The average Bonchev–Trinajstić information content (AvgIpc) is 3.16. The lowest BCUT2D eigenvalue weighted by molar-refractivity contribution is -0.120. The third-order valence-corrected chi connectivity index (χ3v) is 10.1. The first-order valence-corrected chi connectivity index (χ1v) is 19.7. The molecule has 56 heavy (non-hydrogen) atoms. The summed E-state index contributed by atoms with van der Waals surface area (Å²) in [4.78, 5) is 69.0. The van der Waals surface area contributed by atoms with Crippen molar-refractivity contribution in [2.45, 2.75) is 111 Å². The number of benzene rings is 1. The number of hydrogen-bond acceptors (Lipinski definition) is 9. The molecule has 1 heterocycles. The molecule has 1 aromatic rings. The molecular formula is C44H62N4O8. The number of nitrogens with two attached hydrogens (primary N) is 1. The van der Waals surface area contributed by atoms with Crippen LogP contribution in [0.1, 0.15) is 102 Å². The van der Waals surface area contributed by atoms with E-state index in [2.05, 4.69) is 29.4 Å². The predicted molar refractivity (Wildman–Crippen MR) is 217 cm³/mol. The molecule has 0 saturated heterocycles. The van der Waals surface area contributed by atoms with Gasteiger partial charge in [-0.1, -0.05) is 77.0 Å². The summed E-state index contributed by atoms with van der Waals surface area (Å²) >= 11 is 0. The normalized spacial score (nSPS) is 25.4. The number of nitrogens with zero attached hydrogens (tertiary/aromatic N) is 1. The third kappa shape index (κ3) is 13.8. The average molecular weight is 775 g/mol. The van der Waals surface area contributed by atoms with E-state index in [4.69, 9.17) is 19.9 Å². The van der Waals surface area contributed by atoms with Crippen LogP contribution < -0.4 is 16.4 Å². The maximum absolute atomic E-state index is 14.1. The van der Waals surface area contributed by atoms with Crippen LogP contribution in [0, 0.1) is 11.8 Å². The van der Waals surface area contributed by atoms with Crippen LogP contribution in [-0.4, -0.2) is 80.0 Å². The maximum atomic E-state index is 14.1. The van der Waals surface area contributed by atoms with Gasteiger partial charge in [0.15, 0.2) is 6.10 Å². The van der Waals surface area contributed by atoms with Gasteiger partial charge >= 0.3 is 6.09 Å². The second kappa shape index (κ2) is 22.8. The number of amides is 3. The van der Waals surface area contributed by atoms with Crippen molar-refractivity contribution in [1.29, 1.82) is 0 Å². The fourth-order valence-corrected chi connectivity index (χ4v) is 7.01. The lowest BCUT2D eigenvalue weighted by Gasteiger charge is -2.26. The van der Waals surface area contributed by atoms with Gasteiger partial charge < -0.3 is 30.6 Å². The summed E-state index contributed by atoms with van der Waals surface area (Å²) in [5.74, 6) is -2.47. The molecule has 4 N–H and O–H groups in total. The van der Waals surface area contributed by atoms with E-state index in [0.29, 0.717) is 18.4 Å². The number of allylic oxidation sites excluding steroid dienone is 5. The minimum Gasteiger partial charge on any atom is -0.439 e. The molecule has 306 valence electrons. The van der Waals surface area contributed by atoms with Crippen LogP contribution in [0.15, 0.2) is 82.8 Å². The molecule has 12 heteroatoms. The highest BCUT2D eigenvalue weighted by atomic mass is 16.6. The summed E-state index contributed by atoms with van der Waals surface area (Å²) in [7, 11) is 3.09. The fourth-order valence-electron chi connectivity index (χ4n) is 7.01. The largest absolute Gasteiger partial charge is 0.439 e. The van der Waals surface area contributed by atoms with Crippen LogP contribution in [0.4, 0.5) is 4.79 Å². The standard InChI is InChI=1S/C44H62N4O8/c1-9-11-20-48(21-12-10-2)27-32-16-18-33(19-17-32)43(52)47-39-35-25-29(4)24-34(54-7)23-28(3)22-31(6)41(56-44(45)53)38(55-8)15-13-14-30(5)42(51)46-36(40(35)50)26-37(39)49/h13-19,22,26,28-29,34,38,41H,9-12,20-21,23-25,27H2,1-8H3,(H2,45,53)(H,46,51)(H,47,52)/b15-13-,30-14+,31-22+/t28-,29-,34+,38-,41-/m0/s1. The number of carbonyl (C=O) groups excluding carboxylic acids is 5. The molecule has 1 aromatic carbocycles. The Morgan fingerprint density at radius 2 is 1.62 bits per heavy atom. The number of Topliss-reactive ketones (excluding diaryl/α,β-unsaturated/α-hetero) is 1. The number of carbonyl (C=O) groups is 5. The number of rotatable bonds is 13. The summed E-state index contributed by atoms with van der Waals surface area (Å²) in [6, 6.07) is 7.32. The van der Waals surface area contributed by atoms with Gasteiger partial charge in [-0.25, -0.2) is 4.79 Å². The molecule has 0 aromatic heterocycles. The number of unbranched alkanes of at least 4 members (excludes halogenated alkanes) is 2. The molecule has 0 unspecified atom stereocenters. The second-order valence-electron chi connectivity index (χ2n) is 15.0. The molecule has 0 spiro atoms. The Balaban J connectivity index is 1.97. The number of nitrogens with one attached hydrogen (secondary N) is 2. The van der Waals surface area contributed by atoms with Crippen molar-refractivity contribution in [3.05, 3.63) is 93.9 Å². The van der Waals surface area contributed by atoms with E-state index in [1.807, 2.05) is 39.0 Å². The number of ketones is 2. The number of fused-ring (bicyclic) bond motifs is 2. The van der Waals surface area contributed by atoms with Crippen LogP contribution in [0.2, 0.25) is 0 Å². The van der Waals surface area contributed by atoms with Gasteiger partial charge in [0.05, 0.1) is 17.5 Å². The third-order valence-electron chi connectivity index (χ3n) is 10.1. The van der Waals surface area contributed by atoms with Crippen molar-refractivity contribution in [3.63, 3.8) is 0 Å². The van der Waals surface area contributed by atoms with Gasteiger partial charge in [-0.3, -0.25) is 24.1 Å². The van der Waals surface area contributed by atoms with Crippen LogP contribution in [0.5, 0.6) is 0 Å². The predicted octanol–water partition coefficient (Wildman–Crippen LogP) is 6.62. The molecule has 1 aliphatic heterocycles. The Bertz CT molecular complexity index is 1700. The van der Waals surface area contributed by atoms with Crippen molar-refractivity contribution in [2.24, 2.45) is 17.6 Å². The number of methoxy groups -OCH3 is 2. The van der Waals surface area contributed by atoms with E-state index in [9.17, 15) is 24.0 Å². The first-order chi connectivity index (χ1) is 26.7. The van der Waals surface area contributed by atoms with Gasteiger partial charge in [0, 0.05) is 43.6 Å². The highest BCUT2D eigenvalue weighted by molar-refractivity contribution is 6.24. The Morgan fingerprint density at radius 1 is 0.964 bits per heavy atom. The van der Waals surface area contributed by atoms with Crippen molar-refractivity contribution in [2.75, 3.05) is 27.3 Å². The number of primary amides is 1. The SMILES string of the molecule is CCCCN(CCCC)Cc1ccc(C(=O)NC2=C3C[C@@H](C)C[C@H](OC)C[C@@H](C)/C=C(\C)[C@H](OC(N)=O)[C@@H](OC)/C=C\C=C(/C)C(=O)NC(=CC2=O)C3=O)cc1. The summed E-state index contributed by atoms with van der Waals surface area (Å²) in [6.45, 7) is 14.5. The Labute approximate surface area is 332 Å².